The number of benzene rings is 2. The van der Waals surface area contributed by atoms with E-state index in [1.165, 1.54) is 18.4 Å². The number of rotatable bonds is 7. The van der Waals surface area contributed by atoms with Gasteiger partial charge < -0.3 is 14.3 Å². The molecule has 3 aliphatic rings. The summed E-state index contributed by atoms with van der Waals surface area (Å²) in [6, 6.07) is 18.3. The normalized spacial score (nSPS) is 33.7. The molecule has 2 aromatic rings. The Bertz CT molecular complexity index is 828. The molecule has 5 rings (SSSR count). The molecule has 2 saturated carbocycles. The second-order valence-corrected chi connectivity index (χ2v) is 8.16. The summed E-state index contributed by atoms with van der Waals surface area (Å²) >= 11 is 0. The molecule has 3 nitrogen and oxygen atoms in total. The van der Waals surface area contributed by atoms with Gasteiger partial charge in [0.25, 0.3) is 0 Å². The molecule has 0 bridgehead atoms. The Labute approximate surface area is 154 Å². The predicted octanol–water partition coefficient (Wildman–Crippen LogP) is 5.24. The van der Waals surface area contributed by atoms with Crippen LogP contribution in [-0.2, 0) is 15.1 Å². The number of carbonyl (C=O) groups is 1. The highest BCUT2D eigenvalue weighted by Crippen LogP contribution is 2.87. The van der Waals surface area contributed by atoms with Crippen molar-refractivity contribution in [3.8, 4) is 11.5 Å². The van der Waals surface area contributed by atoms with Crippen molar-refractivity contribution in [2.24, 2.45) is 10.8 Å². The van der Waals surface area contributed by atoms with Gasteiger partial charge in [-0.2, -0.15) is 0 Å². The smallest absolute Gasteiger partial charge is 0.127 e. The van der Waals surface area contributed by atoms with Gasteiger partial charge in [-0.05, 0) is 61.9 Å². The van der Waals surface area contributed by atoms with Crippen LogP contribution in [0.15, 0.2) is 54.6 Å². The standard InChI is InChI=1S/C23H24O3/c24-14-5-4-11-21-16-22(21)12-13-23(22,25-17-21)18-7-6-10-20(15-18)26-19-8-2-1-3-9-19/h1-3,6-10,14-15H,4-5,11-13,16-17H2. The summed E-state index contributed by atoms with van der Waals surface area (Å²) in [4.78, 5) is 10.7. The third-order valence-corrected chi connectivity index (χ3v) is 7.06. The van der Waals surface area contributed by atoms with Crippen LogP contribution in [0, 0.1) is 10.8 Å². The Morgan fingerprint density at radius 1 is 1.04 bits per heavy atom. The molecule has 3 atom stereocenters. The Balaban J connectivity index is 1.39. The highest BCUT2D eigenvalue weighted by Gasteiger charge is 2.84. The van der Waals surface area contributed by atoms with Gasteiger partial charge in [-0.25, -0.2) is 0 Å². The lowest BCUT2D eigenvalue weighted by Gasteiger charge is -2.48. The zero-order valence-electron chi connectivity index (χ0n) is 14.9. The van der Waals surface area contributed by atoms with Gasteiger partial charge in [0.15, 0.2) is 0 Å². The number of aldehydes is 1. The van der Waals surface area contributed by atoms with Crippen LogP contribution in [0.4, 0.5) is 0 Å². The fourth-order valence-electron chi connectivity index (χ4n) is 5.64. The molecule has 1 heterocycles. The molecule has 0 radical (unpaired) electrons. The molecule has 2 aliphatic carbocycles. The van der Waals surface area contributed by atoms with Crippen molar-refractivity contribution in [2.75, 3.05) is 6.61 Å². The van der Waals surface area contributed by atoms with Crippen LogP contribution in [0.5, 0.6) is 11.5 Å². The Morgan fingerprint density at radius 2 is 1.88 bits per heavy atom. The molecule has 1 saturated heterocycles. The van der Waals surface area contributed by atoms with E-state index in [1.807, 2.05) is 36.4 Å². The fraction of sp³-hybridized carbons (Fsp3) is 0.435. The van der Waals surface area contributed by atoms with Crippen LogP contribution in [0.2, 0.25) is 0 Å². The monoisotopic (exact) mass is 348 g/mol. The second-order valence-electron chi connectivity index (χ2n) is 8.16. The van der Waals surface area contributed by atoms with E-state index < -0.39 is 0 Å². The third-order valence-electron chi connectivity index (χ3n) is 7.06. The predicted molar refractivity (Wildman–Crippen MR) is 99.2 cm³/mol. The molecule has 0 N–H and O–H groups in total. The topological polar surface area (TPSA) is 35.5 Å². The van der Waals surface area contributed by atoms with Crippen LogP contribution < -0.4 is 4.74 Å². The van der Waals surface area contributed by atoms with Gasteiger partial charge >= 0.3 is 0 Å². The van der Waals surface area contributed by atoms with E-state index in [2.05, 4.69) is 18.2 Å². The van der Waals surface area contributed by atoms with Gasteiger partial charge in [0.1, 0.15) is 17.8 Å². The van der Waals surface area contributed by atoms with E-state index in [-0.39, 0.29) is 5.60 Å². The number of para-hydroxylation sites is 1. The highest BCUT2D eigenvalue weighted by molar-refractivity contribution is 5.49. The summed E-state index contributed by atoms with van der Waals surface area (Å²) in [7, 11) is 0. The first kappa shape index (κ1) is 16.1. The zero-order chi connectivity index (χ0) is 17.7. The number of hydrogen-bond donors (Lipinski definition) is 0. The lowest BCUT2D eigenvalue weighted by atomic mass is 9.60. The summed E-state index contributed by atoms with van der Waals surface area (Å²) in [6.07, 6.45) is 7.42. The van der Waals surface area contributed by atoms with Crippen molar-refractivity contribution in [3.63, 3.8) is 0 Å². The van der Waals surface area contributed by atoms with Crippen molar-refractivity contribution in [3.05, 3.63) is 60.2 Å². The number of hydrogen-bond acceptors (Lipinski definition) is 3. The Morgan fingerprint density at radius 3 is 2.65 bits per heavy atom. The van der Waals surface area contributed by atoms with Crippen LogP contribution in [0.25, 0.3) is 0 Å². The lowest BCUT2D eigenvalue weighted by Crippen LogP contribution is -2.46. The number of ether oxygens (including phenoxy) is 2. The summed E-state index contributed by atoms with van der Waals surface area (Å²) in [5.41, 5.74) is 1.73. The molecule has 0 amide bonds. The first-order valence-electron chi connectivity index (χ1n) is 9.65. The van der Waals surface area contributed by atoms with Gasteiger partial charge in [0.2, 0.25) is 0 Å². The minimum atomic E-state index is -0.135. The van der Waals surface area contributed by atoms with E-state index in [4.69, 9.17) is 9.47 Å². The number of carbonyl (C=O) groups excluding carboxylic acids is 1. The van der Waals surface area contributed by atoms with Crippen LogP contribution >= 0.6 is 0 Å². The average Bonchev–Trinajstić information content (AvgIpc) is 3.30. The first-order chi connectivity index (χ1) is 12.7. The van der Waals surface area contributed by atoms with E-state index in [0.29, 0.717) is 17.3 Å². The highest BCUT2D eigenvalue weighted by atomic mass is 16.5. The minimum absolute atomic E-state index is 0.135. The summed E-state index contributed by atoms with van der Waals surface area (Å²) in [5.74, 6) is 1.72. The molecule has 1 spiro atoms. The van der Waals surface area contributed by atoms with Crippen LogP contribution in [0.3, 0.4) is 0 Å². The van der Waals surface area contributed by atoms with E-state index in [9.17, 15) is 4.79 Å². The van der Waals surface area contributed by atoms with Gasteiger partial charge in [-0.1, -0.05) is 30.3 Å². The van der Waals surface area contributed by atoms with Crippen molar-refractivity contribution in [1.29, 1.82) is 0 Å². The molecule has 3 fully saturated rings. The molecular weight excluding hydrogens is 324 g/mol. The number of unbranched alkanes of at least 4 members (excludes halogenated alkanes) is 1. The lowest BCUT2D eigenvalue weighted by molar-refractivity contribution is -0.125. The largest absolute Gasteiger partial charge is 0.457 e. The minimum Gasteiger partial charge on any atom is -0.457 e. The first-order valence-corrected chi connectivity index (χ1v) is 9.65. The fourth-order valence-corrected chi connectivity index (χ4v) is 5.64. The average molecular weight is 348 g/mol. The van der Waals surface area contributed by atoms with Crippen LogP contribution in [-0.4, -0.2) is 12.9 Å². The van der Waals surface area contributed by atoms with E-state index in [1.54, 1.807) is 0 Å². The summed E-state index contributed by atoms with van der Waals surface area (Å²) in [6.45, 7) is 0.843. The van der Waals surface area contributed by atoms with Gasteiger partial charge in [-0.15, -0.1) is 0 Å². The van der Waals surface area contributed by atoms with Crippen molar-refractivity contribution >= 4 is 6.29 Å². The molecule has 26 heavy (non-hydrogen) atoms. The molecular formula is C23H24O3. The molecule has 1 aliphatic heterocycles. The van der Waals surface area contributed by atoms with Gasteiger partial charge in [0, 0.05) is 17.3 Å². The Hall–Kier alpha value is -2.13. The third kappa shape index (κ3) is 2.07. The second kappa shape index (κ2) is 5.68. The van der Waals surface area contributed by atoms with Gasteiger partial charge in [0.05, 0.1) is 12.2 Å². The maximum atomic E-state index is 10.7. The molecule has 134 valence electrons. The molecule has 3 unspecified atom stereocenters. The van der Waals surface area contributed by atoms with E-state index >= 15 is 0 Å². The van der Waals surface area contributed by atoms with E-state index in [0.717, 1.165) is 43.7 Å². The summed E-state index contributed by atoms with van der Waals surface area (Å²) in [5, 5.41) is 0. The zero-order valence-corrected chi connectivity index (χ0v) is 14.9. The van der Waals surface area contributed by atoms with Gasteiger partial charge in [-0.3, -0.25) is 0 Å². The maximum Gasteiger partial charge on any atom is 0.127 e. The van der Waals surface area contributed by atoms with Crippen molar-refractivity contribution in [2.45, 2.75) is 44.1 Å². The molecule has 0 aromatic heterocycles. The van der Waals surface area contributed by atoms with Crippen LogP contribution in [0.1, 0.15) is 44.1 Å². The van der Waals surface area contributed by atoms with Crippen molar-refractivity contribution < 1.29 is 14.3 Å². The Kier molecular flexibility index (Phi) is 3.51. The quantitative estimate of drug-likeness (QED) is 0.507. The maximum absolute atomic E-state index is 10.7. The summed E-state index contributed by atoms with van der Waals surface area (Å²) < 4.78 is 12.5. The molecule has 3 heteroatoms. The SMILES string of the molecule is O=CCCCC12COC3(c4cccc(Oc5ccccc5)c4)CCC13C2. The molecule has 2 aromatic carbocycles. The van der Waals surface area contributed by atoms with Crippen molar-refractivity contribution in [1.82, 2.24) is 0 Å².